The number of carboxylic acids is 1. The van der Waals surface area contributed by atoms with Crippen LogP contribution in [0, 0.1) is 5.82 Å². The smallest absolute Gasteiger partial charge is 0.339 e. The summed E-state index contributed by atoms with van der Waals surface area (Å²) in [5, 5.41) is 9.61. The number of benzene rings is 3. The van der Waals surface area contributed by atoms with Gasteiger partial charge in [-0.25, -0.2) is 9.18 Å². The molecule has 3 aromatic rings. The van der Waals surface area contributed by atoms with Crippen molar-refractivity contribution in [2.75, 3.05) is 6.61 Å². The maximum Gasteiger partial charge on any atom is 0.339 e. The van der Waals surface area contributed by atoms with E-state index in [1.54, 1.807) is 17.0 Å². The first-order valence-corrected chi connectivity index (χ1v) is 9.97. The molecular formula is C24H21ClFNO4. The van der Waals surface area contributed by atoms with Gasteiger partial charge in [-0.1, -0.05) is 54.1 Å². The van der Waals surface area contributed by atoms with Crippen LogP contribution in [0.25, 0.3) is 0 Å². The van der Waals surface area contributed by atoms with E-state index in [0.29, 0.717) is 0 Å². The van der Waals surface area contributed by atoms with E-state index in [1.165, 1.54) is 30.3 Å². The molecular weight excluding hydrogens is 421 g/mol. The second-order valence-electron chi connectivity index (χ2n) is 6.97. The number of rotatable bonds is 8. The predicted octanol–water partition coefficient (Wildman–Crippen LogP) is 5.35. The molecule has 1 N–H and O–H groups in total. The monoisotopic (exact) mass is 441 g/mol. The molecule has 0 radical (unpaired) electrons. The van der Waals surface area contributed by atoms with E-state index in [4.69, 9.17) is 16.3 Å². The quantitative estimate of drug-likeness (QED) is 0.512. The lowest BCUT2D eigenvalue weighted by atomic mass is 10.1. The highest BCUT2D eigenvalue weighted by molar-refractivity contribution is 6.31. The van der Waals surface area contributed by atoms with E-state index in [1.807, 2.05) is 37.3 Å². The van der Waals surface area contributed by atoms with Gasteiger partial charge in [0.25, 0.3) is 5.91 Å². The lowest BCUT2D eigenvalue weighted by Crippen LogP contribution is -2.36. The van der Waals surface area contributed by atoms with Gasteiger partial charge in [0, 0.05) is 11.6 Å². The van der Waals surface area contributed by atoms with Crippen molar-refractivity contribution in [2.24, 2.45) is 0 Å². The SMILES string of the molecule is CC(c1ccccc1)N(Cc1ccc(F)cc1)C(=O)COc1ccc(Cl)cc1C(=O)O. The van der Waals surface area contributed by atoms with Crippen molar-refractivity contribution in [3.63, 3.8) is 0 Å². The van der Waals surface area contributed by atoms with E-state index >= 15 is 0 Å². The van der Waals surface area contributed by atoms with Crippen molar-refractivity contribution in [1.29, 1.82) is 0 Å². The van der Waals surface area contributed by atoms with Gasteiger partial charge in [0.15, 0.2) is 6.61 Å². The number of nitrogens with zero attached hydrogens (tertiary/aromatic N) is 1. The molecule has 31 heavy (non-hydrogen) atoms. The van der Waals surface area contributed by atoms with Crippen LogP contribution in [0.15, 0.2) is 72.8 Å². The standard InChI is InChI=1S/C24H21ClFNO4/c1-16(18-5-3-2-4-6-18)27(14-17-7-10-20(26)11-8-17)23(28)15-31-22-12-9-19(25)13-21(22)24(29)30/h2-13,16H,14-15H2,1H3,(H,29,30). The summed E-state index contributed by atoms with van der Waals surface area (Å²) in [6.07, 6.45) is 0. The topological polar surface area (TPSA) is 66.8 Å². The maximum atomic E-state index is 13.3. The van der Waals surface area contributed by atoms with Gasteiger partial charge in [0.2, 0.25) is 0 Å². The lowest BCUT2D eigenvalue weighted by Gasteiger charge is -2.30. The van der Waals surface area contributed by atoms with Gasteiger partial charge in [0.05, 0.1) is 6.04 Å². The van der Waals surface area contributed by atoms with Crippen LogP contribution in [0.3, 0.4) is 0 Å². The van der Waals surface area contributed by atoms with Crippen LogP contribution in [0.1, 0.15) is 34.5 Å². The molecule has 1 amide bonds. The Morgan fingerprint density at radius 3 is 2.39 bits per heavy atom. The number of aromatic carboxylic acids is 1. The van der Waals surface area contributed by atoms with Crippen molar-refractivity contribution in [2.45, 2.75) is 19.5 Å². The first-order valence-electron chi connectivity index (χ1n) is 9.59. The van der Waals surface area contributed by atoms with Gasteiger partial charge >= 0.3 is 5.97 Å². The number of hydrogen-bond donors (Lipinski definition) is 1. The van der Waals surface area contributed by atoms with Crippen molar-refractivity contribution < 1.29 is 23.8 Å². The second-order valence-corrected chi connectivity index (χ2v) is 7.41. The third-order valence-corrected chi connectivity index (χ3v) is 5.09. The molecule has 3 aromatic carbocycles. The second kappa shape index (κ2) is 10.1. The van der Waals surface area contributed by atoms with Crippen molar-refractivity contribution in [3.05, 3.63) is 100 Å². The zero-order chi connectivity index (χ0) is 22.4. The van der Waals surface area contributed by atoms with E-state index in [-0.39, 0.29) is 47.3 Å². The predicted molar refractivity (Wildman–Crippen MR) is 116 cm³/mol. The third-order valence-electron chi connectivity index (χ3n) is 4.86. The molecule has 0 fully saturated rings. The Bertz CT molecular complexity index is 1060. The average molecular weight is 442 g/mol. The van der Waals surface area contributed by atoms with Crippen molar-refractivity contribution >= 4 is 23.5 Å². The van der Waals surface area contributed by atoms with Crippen molar-refractivity contribution in [3.8, 4) is 5.75 Å². The molecule has 0 aromatic heterocycles. The molecule has 0 aliphatic rings. The van der Waals surface area contributed by atoms with Crippen molar-refractivity contribution in [1.82, 2.24) is 4.90 Å². The molecule has 3 rings (SSSR count). The first kappa shape index (κ1) is 22.3. The van der Waals surface area contributed by atoms with Crippen LogP contribution in [-0.2, 0) is 11.3 Å². The summed E-state index contributed by atoms with van der Waals surface area (Å²) in [5.74, 6) is -1.85. The lowest BCUT2D eigenvalue weighted by molar-refractivity contribution is -0.136. The van der Waals surface area contributed by atoms with Crippen LogP contribution in [0.5, 0.6) is 5.75 Å². The molecule has 7 heteroatoms. The van der Waals surface area contributed by atoms with Crippen LogP contribution in [0.2, 0.25) is 5.02 Å². The fraction of sp³-hybridized carbons (Fsp3) is 0.167. The van der Waals surface area contributed by atoms with Crippen LogP contribution in [0.4, 0.5) is 4.39 Å². The minimum Gasteiger partial charge on any atom is -0.483 e. The Morgan fingerprint density at radius 2 is 1.74 bits per heavy atom. The van der Waals surface area contributed by atoms with E-state index in [2.05, 4.69) is 0 Å². The third kappa shape index (κ3) is 5.83. The van der Waals surface area contributed by atoms with E-state index in [9.17, 15) is 19.1 Å². The highest BCUT2D eigenvalue weighted by atomic mass is 35.5. The zero-order valence-corrected chi connectivity index (χ0v) is 17.6. The summed E-state index contributed by atoms with van der Waals surface area (Å²) in [4.78, 5) is 26.2. The van der Waals surface area contributed by atoms with Gasteiger partial charge in [-0.05, 0) is 48.4 Å². The highest BCUT2D eigenvalue weighted by Gasteiger charge is 2.23. The number of ether oxygens (including phenoxy) is 1. The molecule has 5 nitrogen and oxygen atoms in total. The average Bonchev–Trinajstić information content (AvgIpc) is 2.77. The number of carboxylic acid groups (broad SMARTS) is 1. The Labute approximate surface area is 184 Å². The molecule has 0 heterocycles. The molecule has 0 saturated heterocycles. The Hall–Kier alpha value is -3.38. The van der Waals surface area contributed by atoms with Gasteiger partial charge in [-0.2, -0.15) is 0 Å². The van der Waals surface area contributed by atoms with E-state index in [0.717, 1.165) is 11.1 Å². The minimum absolute atomic E-state index is 0.0550. The molecule has 0 spiro atoms. The number of hydrogen-bond acceptors (Lipinski definition) is 3. The summed E-state index contributed by atoms with van der Waals surface area (Å²) >= 11 is 5.86. The van der Waals surface area contributed by atoms with Gasteiger partial charge in [-0.3, -0.25) is 4.79 Å². The van der Waals surface area contributed by atoms with Crippen LogP contribution >= 0.6 is 11.6 Å². The fourth-order valence-electron chi connectivity index (χ4n) is 3.16. The zero-order valence-electron chi connectivity index (χ0n) is 16.8. The van der Waals surface area contributed by atoms with Crippen LogP contribution in [-0.4, -0.2) is 28.5 Å². The number of halogens is 2. The fourth-order valence-corrected chi connectivity index (χ4v) is 3.33. The molecule has 0 aliphatic carbocycles. The maximum absolute atomic E-state index is 13.3. The number of carbonyl (C=O) groups excluding carboxylic acids is 1. The van der Waals surface area contributed by atoms with Gasteiger partial charge in [0.1, 0.15) is 17.1 Å². The Balaban J connectivity index is 1.82. The highest BCUT2D eigenvalue weighted by Crippen LogP contribution is 2.25. The largest absolute Gasteiger partial charge is 0.483 e. The Morgan fingerprint density at radius 1 is 1.06 bits per heavy atom. The summed E-state index contributed by atoms with van der Waals surface area (Å²) < 4.78 is 18.8. The summed E-state index contributed by atoms with van der Waals surface area (Å²) in [7, 11) is 0. The molecule has 0 saturated carbocycles. The number of amides is 1. The molecule has 0 bridgehead atoms. The molecule has 0 aliphatic heterocycles. The molecule has 1 unspecified atom stereocenters. The molecule has 1 atom stereocenters. The van der Waals surface area contributed by atoms with Crippen LogP contribution < -0.4 is 4.74 Å². The summed E-state index contributed by atoms with van der Waals surface area (Å²) in [6, 6.07) is 19.3. The minimum atomic E-state index is -1.20. The summed E-state index contributed by atoms with van der Waals surface area (Å²) in [5.41, 5.74) is 1.56. The van der Waals surface area contributed by atoms with Gasteiger partial charge < -0.3 is 14.7 Å². The first-order chi connectivity index (χ1) is 14.8. The summed E-state index contributed by atoms with van der Waals surface area (Å²) in [6.45, 7) is 1.77. The van der Waals surface area contributed by atoms with E-state index < -0.39 is 5.97 Å². The normalized spacial score (nSPS) is 11.6. The Kier molecular flexibility index (Phi) is 7.26. The molecule has 160 valence electrons. The number of carbonyl (C=O) groups is 2. The van der Waals surface area contributed by atoms with Gasteiger partial charge in [-0.15, -0.1) is 0 Å².